The van der Waals surface area contributed by atoms with E-state index in [1.807, 2.05) is 18.2 Å². The molecule has 1 unspecified atom stereocenters. The largest absolute Gasteiger partial charge is 1.00 e. The number of esters is 1. The van der Waals surface area contributed by atoms with Gasteiger partial charge in [0.15, 0.2) is 0 Å². The quantitative estimate of drug-likeness (QED) is 0.411. The molecular formula is C16H23BrLiNO2. The minimum Gasteiger partial charge on any atom is -0.656 e. The summed E-state index contributed by atoms with van der Waals surface area (Å²) in [6.45, 7) is 5.14. The van der Waals surface area contributed by atoms with Crippen molar-refractivity contribution < 1.29 is 28.4 Å². The first-order valence-electron chi connectivity index (χ1n) is 7.18. The Kier molecular flexibility index (Phi) is 11.2. The van der Waals surface area contributed by atoms with Gasteiger partial charge < -0.3 is 10.1 Å². The third kappa shape index (κ3) is 6.57. The summed E-state index contributed by atoms with van der Waals surface area (Å²) in [5.74, 6) is -0.298. The molecule has 3 nitrogen and oxygen atoms in total. The maximum Gasteiger partial charge on any atom is 1.00 e. The van der Waals surface area contributed by atoms with E-state index in [1.54, 1.807) is 0 Å². The third-order valence-electron chi connectivity index (χ3n) is 3.20. The van der Waals surface area contributed by atoms with E-state index in [0.717, 1.165) is 42.3 Å². The Labute approximate surface area is 148 Å². The van der Waals surface area contributed by atoms with E-state index in [-0.39, 0.29) is 30.9 Å². The minimum atomic E-state index is -0.298. The van der Waals surface area contributed by atoms with Crippen molar-refractivity contribution in [2.45, 2.75) is 45.6 Å². The zero-order valence-corrected chi connectivity index (χ0v) is 15.1. The molecule has 5 heteroatoms. The van der Waals surface area contributed by atoms with Gasteiger partial charge >= 0.3 is 24.8 Å². The van der Waals surface area contributed by atoms with E-state index in [2.05, 4.69) is 29.8 Å². The Morgan fingerprint density at radius 3 is 2.62 bits per heavy atom. The number of hydrogen-bond donors (Lipinski definition) is 0. The predicted octanol–water partition coefficient (Wildman–Crippen LogP) is 2.25. The fourth-order valence-corrected chi connectivity index (χ4v) is 2.49. The van der Waals surface area contributed by atoms with Gasteiger partial charge in [0.1, 0.15) is 0 Å². The van der Waals surface area contributed by atoms with Crippen LogP contribution in [-0.4, -0.2) is 19.6 Å². The van der Waals surface area contributed by atoms with Crippen LogP contribution in [0, 0.1) is 0 Å². The van der Waals surface area contributed by atoms with Gasteiger partial charge in [0, 0.05) is 4.47 Å². The van der Waals surface area contributed by atoms with Crippen LogP contribution in [0.1, 0.15) is 61.5 Å². The molecule has 0 fully saturated rings. The minimum absolute atomic E-state index is 0. The number of methoxy groups -OCH3 is 1. The summed E-state index contributed by atoms with van der Waals surface area (Å²) in [5.41, 5.74) is 1.58. The second-order valence-corrected chi connectivity index (χ2v) is 5.70. The molecule has 1 aromatic rings. The molecule has 1 rings (SSSR count). The monoisotopic (exact) mass is 347 g/mol. The van der Waals surface area contributed by atoms with Crippen molar-refractivity contribution in [2.75, 3.05) is 13.7 Å². The number of carbonyl (C=O) groups excluding carboxylic acids is 1. The van der Waals surface area contributed by atoms with E-state index >= 15 is 0 Å². The average molecular weight is 348 g/mol. The summed E-state index contributed by atoms with van der Waals surface area (Å²) < 4.78 is 5.76. The van der Waals surface area contributed by atoms with E-state index < -0.39 is 0 Å². The average Bonchev–Trinajstić information content (AvgIpc) is 2.46. The molecule has 0 N–H and O–H groups in total. The Bertz CT molecular complexity index is 440. The molecule has 1 aromatic carbocycles. The van der Waals surface area contributed by atoms with Crippen molar-refractivity contribution in [3.05, 3.63) is 39.1 Å². The van der Waals surface area contributed by atoms with Gasteiger partial charge in [-0.25, -0.2) is 4.79 Å². The SMILES string of the molecule is CCCC[N-]C(CCC)c1ccc(Br)cc1C(=O)OC.[Li+]. The van der Waals surface area contributed by atoms with E-state index in [1.165, 1.54) is 7.11 Å². The zero-order valence-electron chi connectivity index (χ0n) is 13.5. The van der Waals surface area contributed by atoms with Crippen molar-refractivity contribution in [2.24, 2.45) is 0 Å². The third-order valence-corrected chi connectivity index (χ3v) is 3.70. The molecule has 0 aliphatic rings. The van der Waals surface area contributed by atoms with Gasteiger partial charge in [0.05, 0.1) is 12.7 Å². The maximum absolute atomic E-state index is 11.9. The summed E-state index contributed by atoms with van der Waals surface area (Å²) in [6.07, 6.45) is 4.21. The number of rotatable bonds is 8. The van der Waals surface area contributed by atoms with Gasteiger partial charge in [-0.1, -0.05) is 67.1 Å². The van der Waals surface area contributed by atoms with Crippen molar-refractivity contribution in [1.82, 2.24) is 0 Å². The summed E-state index contributed by atoms with van der Waals surface area (Å²) in [5, 5.41) is 4.76. The number of benzene rings is 1. The number of nitrogens with zero attached hydrogens (tertiary/aromatic N) is 1. The molecule has 0 saturated carbocycles. The van der Waals surface area contributed by atoms with Crippen LogP contribution in [0.4, 0.5) is 0 Å². The first-order chi connectivity index (χ1) is 9.63. The molecule has 0 heterocycles. The fraction of sp³-hybridized carbons (Fsp3) is 0.562. The van der Waals surface area contributed by atoms with Crippen molar-refractivity contribution >= 4 is 21.9 Å². The van der Waals surface area contributed by atoms with Crippen molar-refractivity contribution in [3.8, 4) is 0 Å². The fourth-order valence-electron chi connectivity index (χ4n) is 2.13. The van der Waals surface area contributed by atoms with Crippen LogP contribution < -0.4 is 18.9 Å². The molecule has 21 heavy (non-hydrogen) atoms. The maximum atomic E-state index is 11.9. The molecule has 0 aliphatic carbocycles. The summed E-state index contributed by atoms with van der Waals surface area (Å²) in [6, 6.07) is 5.83. The topological polar surface area (TPSA) is 40.4 Å². The van der Waals surface area contributed by atoms with Crippen LogP contribution in [0.25, 0.3) is 5.32 Å². The van der Waals surface area contributed by atoms with E-state index in [4.69, 9.17) is 10.1 Å². The molecule has 112 valence electrons. The number of ether oxygens (including phenoxy) is 1. The Morgan fingerprint density at radius 2 is 2.05 bits per heavy atom. The molecule has 0 aliphatic heterocycles. The van der Waals surface area contributed by atoms with Crippen LogP contribution in [0.5, 0.6) is 0 Å². The van der Waals surface area contributed by atoms with Gasteiger partial charge in [-0.2, -0.15) is 0 Å². The molecule has 0 bridgehead atoms. The van der Waals surface area contributed by atoms with Crippen LogP contribution in [-0.2, 0) is 4.74 Å². The molecule has 0 aromatic heterocycles. The van der Waals surface area contributed by atoms with Crippen LogP contribution in [0.2, 0.25) is 0 Å². The normalized spacial score (nSPS) is 11.6. The zero-order chi connectivity index (χ0) is 15.0. The number of halogens is 1. The second-order valence-electron chi connectivity index (χ2n) is 4.79. The number of hydrogen-bond acceptors (Lipinski definition) is 2. The van der Waals surface area contributed by atoms with Gasteiger partial charge in [0.2, 0.25) is 0 Å². The molecule has 0 radical (unpaired) electrons. The van der Waals surface area contributed by atoms with Gasteiger partial charge in [-0.3, -0.25) is 0 Å². The molecule has 0 amide bonds. The molecule has 0 saturated heterocycles. The molecule has 1 atom stereocenters. The standard InChI is InChI=1S/C16H23BrNO2.Li/c1-4-6-10-18-15(7-5-2)13-9-8-12(17)11-14(13)16(19)20-3;/h8-9,11,15H,4-7,10H2,1-3H3;/q-1;+1. The second kappa shape index (κ2) is 11.3. The van der Waals surface area contributed by atoms with Crippen LogP contribution in [0.15, 0.2) is 22.7 Å². The first kappa shape index (κ1) is 20.7. The van der Waals surface area contributed by atoms with Gasteiger partial charge in [-0.05, 0) is 12.1 Å². The van der Waals surface area contributed by atoms with Crippen molar-refractivity contribution in [3.63, 3.8) is 0 Å². The summed E-state index contributed by atoms with van der Waals surface area (Å²) >= 11 is 3.41. The van der Waals surface area contributed by atoms with Crippen molar-refractivity contribution in [1.29, 1.82) is 0 Å². The number of unbranched alkanes of at least 4 members (excludes halogenated alkanes) is 1. The van der Waals surface area contributed by atoms with Gasteiger partial charge in [-0.15, -0.1) is 12.6 Å². The Morgan fingerprint density at radius 1 is 1.33 bits per heavy atom. The van der Waals surface area contributed by atoms with Gasteiger partial charge in [0.25, 0.3) is 0 Å². The first-order valence-corrected chi connectivity index (χ1v) is 7.97. The van der Waals surface area contributed by atoms with E-state index in [0.29, 0.717) is 5.56 Å². The molecular weight excluding hydrogens is 325 g/mol. The van der Waals surface area contributed by atoms with Crippen LogP contribution >= 0.6 is 15.9 Å². The Hall–Kier alpha value is -0.273. The summed E-state index contributed by atoms with van der Waals surface area (Å²) in [7, 11) is 1.41. The summed E-state index contributed by atoms with van der Waals surface area (Å²) in [4.78, 5) is 11.9. The smallest absolute Gasteiger partial charge is 0.656 e. The number of carbonyl (C=O) groups is 1. The molecule has 0 spiro atoms. The van der Waals surface area contributed by atoms with Crippen LogP contribution in [0.3, 0.4) is 0 Å². The Balaban J connectivity index is 0.00000400. The van der Waals surface area contributed by atoms with E-state index in [9.17, 15) is 4.79 Å². The predicted molar refractivity (Wildman–Crippen MR) is 86.3 cm³/mol.